The summed E-state index contributed by atoms with van der Waals surface area (Å²) < 4.78 is 0. The van der Waals surface area contributed by atoms with Crippen molar-refractivity contribution in [3.63, 3.8) is 0 Å². The SMILES string of the molecule is O=C1CCCC2=C1[C@@H](c1cccc(Cl)c1)C1=C(N2)c2ccccc2C1=O. The van der Waals surface area contributed by atoms with Crippen molar-refractivity contribution in [3.8, 4) is 0 Å². The number of ketones is 2. The number of dihydropyridines is 1. The summed E-state index contributed by atoms with van der Waals surface area (Å²) in [5.41, 5.74) is 5.73. The van der Waals surface area contributed by atoms with E-state index in [9.17, 15) is 9.59 Å². The van der Waals surface area contributed by atoms with Crippen molar-refractivity contribution in [2.24, 2.45) is 0 Å². The number of Topliss-reactive ketones (excluding diaryl/α,β-unsaturated/α-hetero) is 2. The standard InChI is InChI=1S/C22H16ClNO2/c23-13-6-3-5-12(11-13)18-19-16(9-4-10-17(19)25)24-21-14-7-1-2-8-15(14)22(26)20(18)21/h1-3,5-8,11,18,24H,4,9-10H2/t18-/m1/s1. The van der Waals surface area contributed by atoms with Crippen LogP contribution in [0.5, 0.6) is 0 Å². The van der Waals surface area contributed by atoms with Gasteiger partial charge in [-0.1, -0.05) is 48.0 Å². The van der Waals surface area contributed by atoms with Crippen LogP contribution in [-0.2, 0) is 4.79 Å². The first-order valence-corrected chi connectivity index (χ1v) is 9.20. The molecule has 3 nitrogen and oxygen atoms in total. The summed E-state index contributed by atoms with van der Waals surface area (Å²) in [5.74, 6) is -0.232. The van der Waals surface area contributed by atoms with Crippen molar-refractivity contribution >= 4 is 28.9 Å². The van der Waals surface area contributed by atoms with Crippen molar-refractivity contribution in [2.45, 2.75) is 25.2 Å². The first-order chi connectivity index (χ1) is 12.6. The van der Waals surface area contributed by atoms with Gasteiger partial charge in [0.1, 0.15) is 0 Å². The van der Waals surface area contributed by atoms with E-state index in [2.05, 4.69) is 5.32 Å². The molecule has 2 aromatic rings. The lowest BCUT2D eigenvalue weighted by atomic mass is 9.75. The van der Waals surface area contributed by atoms with Gasteiger partial charge in [0.15, 0.2) is 11.6 Å². The Labute approximate surface area is 156 Å². The molecule has 0 saturated heterocycles. The molecule has 1 atom stereocenters. The maximum absolute atomic E-state index is 13.2. The largest absolute Gasteiger partial charge is 0.358 e. The highest BCUT2D eigenvalue weighted by Crippen LogP contribution is 2.48. The fraction of sp³-hybridized carbons (Fsp3) is 0.182. The van der Waals surface area contributed by atoms with Crippen LogP contribution in [-0.4, -0.2) is 11.6 Å². The van der Waals surface area contributed by atoms with Crippen molar-refractivity contribution < 1.29 is 9.59 Å². The Morgan fingerprint density at radius 3 is 2.54 bits per heavy atom. The molecular formula is C22H16ClNO2. The lowest BCUT2D eigenvalue weighted by Crippen LogP contribution is -2.31. The average molecular weight is 362 g/mol. The van der Waals surface area contributed by atoms with Gasteiger partial charge in [0.2, 0.25) is 0 Å². The van der Waals surface area contributed by atoms with E-state index in [0.29, 0.717) is 22.6 Å². The van der Waals surface area contributed by atoms with Gasteiger partial charge in [0, 0.05) is 45.3 Å². The molecule has 4 heteroatoms. The normalized spacial score (nSPS) is 21.3. The van der Waals surface area contributed by atoms with Crippen molar-refractivity contribution in [1.82, 2.24) is 5.32 Å². The Morgan fingerprint density at radius 2 is 1.73 bits per heavy atom. The molecule has 5 rings (SSSR count). The summed E-state index contributed by atoms with van der Waals surface area (Å²) in [6.07, 6.45) is 2.19. The molecule has 128 valence electrons. The molecule has 1 N–H and O–H groups in total. The van der Waals surface area contributed by atoms with Gasteiger partial charge in [-0.05, 0) is 30.5 Å². The van der Waals surface area contributed by atoms with Gasteiger partial charge in [-0.2, -0.15) is 0 Å². The summed E-state index contributed by atoms with van der Waals surface area (Å²) in [4.78, 5) is 26.0. The Morgan fingerprint density at radius 1 is 0.923 bits per heavy atom. The van der Waals surface area contributed by atoms with Gasteiger partial charge in [-0.3, -0.25) is 9.59 Å². The molecular weight excluding hydrogens is 346 g/mol. The van der Waals surface area contributed by atoms with Crippen molar-refractivity contribution in [3.05, 3.63) is 87.1 Å². The summed E-state index contributed by atoms with van der Waals surface area (Å²) in [6.45, 7) is 0. The molecule has 0 unspecified atom stereocenters. The van der Waals surface area contributed by atoms with E-state index in [4.69, 9.17) is 11.6 Å². The minimum Gasteiger partial charge on any atom is -0.358 e. The van der Waals surface area contributed by atoms with Gasteiger partial charge < -0.3 is 5.32 Å². The van der Waals surface area contributed by atoms with Gasteiger partial charge >= 0.3 is 0 Å². The van der Waals surface area contributed by atoms with Crippen LogP contribution in [0, 0.1) is 0 Å². The number of hydrogen-bond acceptors (Lipinski definition) is 3. The second-order valence-electron chi connectivity index (χ2n) is 6.95. The minimum atomic E-state index is -0.354. The molecule has 1 aliphatic heterocycles. The third-order valence-electron chi connectivity index (χ3n) is 5.45. The predicted octanol–water partition coefficient (Wildman–Crippen LogP) is 4.64. The third kappa shape index (κ3) is 2.14. The van der Waals surface area contributed by atoms with Crippen LogP contribution in [0.1, 0.15) is 46.7 Å². The fourth-order valence-electron chi connectivity index (χ4n) is 4.36. The molecule has 0 bridgehead atoms. The number of allylic oxidation sites excluding steroid dienone is 3. The highest BCUT2D eigenvalue weighted by molar-refractivity contribution is 6.30. The van der Waals surface area contributed by atoms with E-state index in [1.807, 2.05) is 48.5 Å². The number of carbonyl (C=O) groups is 2. The molecule has 0 fully saturated rings. The zero-order valence-electron chi connectivity index (χ0n) is 14.0. The fourth-order valence-corrected chi connectivity index (χ4v) is 4.55. The van der Waals surface area contributed by atoms with Crippen LogP contribution < -0.4 is 5.32 Å². The van der Waals surface area contributed by atoms with E-state index in [-0.39, 0.29) is 17.5 Å². The van der Waals surface area contributed by atoms with Crippen LogP contribution in [0.3, 0.4) is 0 Å². The van der Waals surface area contributed by atoms with Crippen LogP contribution in [0.15, 0.2) is 65.4 Å². The topological polar surface area (TPSA) is 46.2 Å². The number of rotatable bonds is 1. The van der Waals surface area contributed by atoms with E-state index < -0.39 is 0 Å². The number of halogens is 1. The smallest absolute Gasteiger partial charge is 0.192 e. The molecule has 0 saturated carbocycles. The van der Waals surface area contributed by atoms with Gasteiger partial charge in [-0.15, -0.1) is 0 Å². The van der Waals surface area contributed by atoms with Gasteiger partial charge in [0.05, 0.1) is 5.70 Å². The average Bonchev–Trinajstić information content (AvgIpc) is 2.93. The maximum atomic E-state index is 13.2. The second-order valence-corrected chi connectivity index (χ2v) is 7.38. The quantitative estimate of drug-likeness (QED) is 0.804. The molecule has 1 heterocycles. The molecule has 0 spiro atoms. The second kappa shape index (κ2) is 5.68. The first-order valence-electron chi connectivity index (χ1n) is 8.82. The lowest BCUT2D eigenvalue weighted by Gasteiger charge is -2.33. The highest BCUT2D eigenvalue weighted by atomic mass is 35.5. The molecule has 3 aliphatic rings. The Hall–Kier alpha value is -2.65. The lowest BCUT2D eigenvalue weighted by molar-refractivity contribution is -0.116. The number of fused-ring (bicyclic) bond motifs is 2. The van der Waals surface area contributed by atoms with Gasteiger partial charge in [0.25, 0.3) is 0 Å². The zero-order chi connectivity index (χ0) is 17.8. The third-order valence-corrected chi connectivity index (χ3v) is 5.68. The van der Waals surface area contributed by atoms with E-state index in [0.717, 1.165) is 40.9 Å². The van der Waals surface area contributed by atoms with Crippen LogP contribution in [0.2, 0.25) is 5.02 Å². The number of nitrogens with one attached hydrogen (secondary N) is 1. The van der Waals surface area contributed by atoms with Crippen LogP contribution in [0.25, 0.3) is 5.70 Å². The molecule has 2 aliphatic carbocycles. The molecule has 0 amide bonds. The highest BCUT2D eigenvalue weighted by Gasteiger charge is 2.43. The van der Waals surface area contributed by atoms with Crippen LogP contribution >= 0.6 is 11.6 Å². The van der Waals surface area contributed by atoms with Crippen molar-refractivity contribution in [1.29, 1.82) is 0 Å². The number of carbonyl (C=O) groups excluding carboxylic acids is 2. The molecule has 0 radical (unpaired) electrons. The summed E-state index contributed by atoms with van der Waals surface area (Å²) in [6, 6.07) is 15.1. The predicted molar refractivity (Wildman–Crippen MR) is 101 cm³/mol. The van der Waals surface area contributed by atoms with E-state index >= 15 is 0 Å². The number of hydrogen-bond donors (Lipinski definition) is 1. The first kappa shape index (κ1) is 15.6. The molecule has 2 aromatic carbocycles. The Bertz CT molecular complexity index is 1050. The van der Waals surface area contributed by atoms with Crippen molar-refractivity contribution in [2.75, 3.05) is 0 Å². The van der Waals surface area contributed by atoms with Crippen LogP contribution in [0.4, 0.5) is 0 Å². The van der Waals surface area contributed by atoms with E-state index in [1.54, 1.807) is 0 Å². The maximum Gasteiger partial charge on any atom is 0.192 e. The monoisotopic (exact) mass is 361 g/mol. The molecule has 0 aromatic heterocycles. The number of benzene rings is 2. The van der Waals surface area contributed by atoms with Gasteiger partial charge in [-0.25, -0.2) is 0 Å². The minimum absolute atomic E-state index is 0.00185. The van der Waals surface area contributed by atoms with E-state index in [1.165, 1.54) is 0 Å². The Kier molecular flexibility index (Phi) is 3.41. The summed E-state index contributed by atoms with van der Waals surface area (Å²) >= 11 is 6.23. The molecule has 26 heavy (non-hydrogen) atoms. The summed E-state index contributed by atoms with van der Waals surface area (Å²) in [7, 11) is 0. The summed E-state index contributed by atoms with van der Waals surface area (Å²) in [5, 5.41) is 4.04. The zero-order valence-corrected chi connectivity index (χ0v) is 14.8. The Balaban J connectivity index is 1.77.